The lowest BCUT2D eigenvalue weighted by molar-refractivity contribution is 0.0990. The Bertz CT molecular complexity index is 631. The van der Waals surface area contributed by atoms with Crippen molar-refractivity contribution in [2.75, 3.05) is 0 Å². The van der Waals surface area contributed by atoms with E-state index in [1.807, 2.05) is 0 Å². The maximum absolute atomic E-state index is 13.5. The molecular weight excluding hydrogens is 247 g/mol. The van der Waals surface area contributed by atoms with Crippen molar-refractivity contribution in [3.63, 3.8) is 0 Å². The number of halogens is 3. The molecule has 0 saturated heterocycles. The lowest BCUT2D eigenvalue weighted by atomic mass is 10.1. The third-order valence-electron chi connectivity index (χ3n) is 2.16. The van der Waals surface area contributed by atoms with Crippen LogP contribution in [0.1, 0.15) is 10.6 Å². The van der Waals surface area contributed by atoms with Gasteiger partial charge in [-0.2, -0.15) is 0 Å². The second-order valence-electron chi connectivity index (χ2n) is 3.38. The van der Waals surface area contributed by atoms with Crippen LogP contribution in [0.5, 0.6) is 0 Å². The molecule has 0 atom stereocenters. The second kappa shape index (κ2) is 4.44. The fourth-order valence-corrected chi connectivity index (χ4v) is 1.35. The lowest BCUT2D eigenvalue weighted by Crippen LogP contribution is -2.15. The fourth-order valence-electron chi connectivity index (χ4n) is 1.35. The van der Waals surface area contributed by atoms with Gasteiger partial charge < -0.3 is 5.73 Å². The van der Waals surface area contributed by atoms with Gasteiger partial charge in [0.05, 0.1) is 5.69 Å². The Kier molecular flexibility index (Phi) is 2.97. The molecule has 0 radical (unpaired) electrons. The number of nitrogens with two attached hydrogens (primary N) is 1. The van der Waals surface area contributed by atoms with E-state index >= 15 is 0 Å². The number of benzene rings is 1. The van der Waals surface area contributed by atoms with E-state index in [1.54, 1.807) is 0 Å². The average molecular weight is 253 g/mol. The van der Waals surface area contributed by atoms with Crippen molar-refractivity contribution in [3.8, 4) is 11.3 Å². The quantitative estimate of drug-likeness (QED) is 0.827. The predicted octanol–water partition coefficient (Wildman–Crippen LogP) is 1.66. The van der Waals surface area contributed by atoms with E-state index < -0.39 is 23.4 Å². The zero-order valence-corrected chi connectivity index (χ0v) is 8.82. The van der Waals surface area contributed by atoms with Crippen molar-refractivity contribution in [2.24, 2.45) is 5.73 Å². The Labute approximate surface area is 99.3 Å². The number of amides is 1. The topological polar surface area (TPSA) is 68.9 Å². The summed E-state index contributed by atoms with van der Waals surface area (Å²) in [5.74, 6) is -4.76. The SMILES string of the molecule is NC(=O)c1nccc(-c2cc(F)c(F)cc2F)n1. The van der Waals surface area contributed by atoms with Gasteiger partial charge in [-0.15, -0.1) is 0 Å². The molecule has 0 unspecified atom stereocenters. The van der Waals surface area contributed by atoms with Crippen molar-refractivity contribution >= 4 is 5.91 Å². The molecule has 0 bridgehead atoms. The van der Waals surface area contributed by atoms with Crippen LogP contribution in [0.2, 0.25) is 0 Å². The summed E-state index contributed by atoms with van der Waals surface area (Å²) >= 11 is 0. The maximum Gasteiger partial charge on any atom is 0.286 e. The van der Waals surface area contributed by atoms with Crippen molar-refractivity contribution in [2.45, 2.75) is 0 Å². The summed E-state index contributed by atoms with van der Waals surface area (Å²) in [7, 11) is 0. The first kappa shape index (κ1) is 12.0. The van der Waals surface area contributed by atoms with Crippen LogP contribution in [0, 0.1) is 17.5 Å². The molecule has 92 valence electrons. The fraction of sp³-hybridized carbons (Fsp3) is 0. The Balaban J connectivity index is 2.58. The largest absolute Gasteiger partial charge is 0.363 e. The molecule has 2 N–H and O–H groups in total. The number of carbonyl (C=O) groups excluding carboxylic acids is 1. The van der Waals surface area contributed by atoms with E-state index in [1.165, 1.54) is 12.3 Å². The molecule has 4 nitrogen and oxygen atoms in total. The lowest BCUT2D eigenvalue weighted by Gasteiger charge is -2.04. The zero-order valence-electron chi connectivity index (χ0n) is 8.82. The predicted molar refractivity (Wildman–Crippen MR) is 55.9 cm³/mol. The standard InChI is InChI=1S/C11H6F3N3O/c12-6-4-8(14)7(13)3-5(6)9-1-2-16-11(17-9)10(15)18/h1-4H,(H2,15,18). The minimum absolute atomic E-state index is 0.0600. The highest BCUT2D eigenvalue weighted by Crippen LogP contribution is 2.23. The molecule has 2 aromatic rings. The van der Waals surface area contributed by atoms with Crippen LogP contribution in [0.25, 0.3) is 11.3 Å². The highest BCUT2D eigenvalue weighted by molar-refractivity contribution is 5.89. The first-order valence-electron chi connectivity index (χ1n) is 4.77. The van der Waals surface area contributed by atoms with Gasteiger partial charge in [0.25, 0.3) is 5.91 Å². The summed E-state index contributed by atoms with van der Waals surface area (Å²) in [5, 5.41) is 0. The Morgan fingerprint density at radius 3 is 2.44 bits per heavy atom. The Morgan fingerprint density at radius 1 is 1.11 bits per heavy atom. The molecule has 0 aliphatic rings. The molecule has 0 aliphatic carbocycles. The van der Waals surface area contributed by atoms with E-state index in [0.717, 1.165) is 0 Å². The van der Waals surface area contributed by atoms with Gasteiger partial charge in [0, 0.05) is 17.8 Å². The number of carbonyl (C=O) groups is 1. The number of hydrogen-bond acceptors (Lipinski definition) is 3. The molecule has 0 fully saturated rings. The molecule has 2 rings (SSSR count). The third-order valence-corrected chi connectivity index (χ3v) is 2.16. The van der Waals surface area contributed by atoms with Crippen LogP contribution in [0.4, 0.5) is 13.2 Å². The van der Waals surface area contributed by atoms with Gasteiger partial charge in [-0.3, -0.25) is 4.79 Å². The monoisotopic (exact) mass is 253 g/mol. The van der Waals surface area contributed by atoms with Crippen LogP contribution in [0.15, 0.2) is 24.4 Å². The normalized spacial score (nSPS) is 10.4. The van der Waals surface area contributed by atoms with Crippen molar-refractivity contribution < 1.29 is 18.0 Å². The van der Waals surface area contributed by atoms with Gasteiger partial charge in [0.1, 0.15) is 5.82 Å². The van der Waals surface area contributed by atoms with Gasteiger partial charge in [0.2, 0.25) is 5.82 Å². The molecule has 1 amide bonds. The summed E-state index contributed by atoms with van der Waals surface area (Å²) in [5.41, 5.74) is 4.62. The van der Waals surface area contributed by atoms with E-state index in [-0.39, 0.29) is 17.1 Å². The smallest absolute Gasteiger partial charge is 0.286 e. The highest BCUT2D eigenvalue weighted by Gasteiger charge is 2.14. The molecule has 0 saturated carbocycles. The minimum Gasteiger partial charge on any atom is -0.363 e. The van der Waals surface area contributed by atoms with E-state index in [2.05, 4.69) is 9.97 Å². The molecule has 18 heavy (non-hydrogen) atoms. The molecule has 1 heterocycles. The number of aromatic nitrogens is 2. The molecule has 1 aromatic carbocycles. The highest BCUT2D eigenvalue weighted by atomic mass is 19.2. The minimum atomic E-state index is -1.31. The van der Waals surface area contributed by atoms with Gasteiger partial charge in [-0.25, -0.2) is 23.1 Å². The van der Waals surface area contributed by atoms with Crippen LogP contribution in [-0.4, -0.2) is 15.9 Å². The maximum atomic E-state index is 13.5. The molecule has 0 spiro atoms. The molecule has 0 aliphatic heterocycles. The van der Waals surface area contributed by atoms with Gasteiger partial charge in [-0.1, -0.05) is 0 Å². The van der Waals surface area contributed by atoms with Crippen LogP contribution in [-0.2, 0) is 0 Å². The second-order valence-corrected chi connectivity index (χ2v) is 3.38. The molecular formula is C11H6F3N3O. The third kappa shape index (κ3) is 2.15. The van der Waals surface area contributed by atoms with E-state index in [0.29, 0.717) is 12.1 Å². The average Bonchev–Trinajstić information content (AvgIpc) is 2.34. The van der Waals surface area contributed by atoms with Crippen molar-refractivity contribution in [1.29, 1.82) is 0 Å². The van der Waals surface area contributed by atoms with E-state index in [9.17, 15) is 18.0 Å². The van der Waals surface area contributed by atoms with Crippen LogP contribution in [0.3, 0.4) is 0 Å². The number of nitrogens with zero attached hydrogens (tertiary/aromatic N) is 2. The van der Waals surface area contributed by atoms with Gasteiger partial charge in [0.15, 0.2) is 11.6 Å². The summed E-state index contributed by atoms with van der Waals surface area (Å²) in [4.78, 5) is 18.1. The number of hydrogen-bond donors (Lipinski definition) is 1. The summed E-state index contributed by atoms with van der Waals surface area (Å²) < 4.78 is 39.3. The Hall–Kier alpha value is -2.44. The number of primary amides is 1. The Morgan fingerprint density at radius 2 is 1.78 bits per heavy atom. The van der Waals surface area contributed by atoms with Crippen molar-refractivity contribution in [3.05, 3.63) is 47.7 Å². The first-order valence-corrected chi connectivity index (χ1v) is 4.77. The van der Waals surface area contributed by atoms with E-state index in [4.69, 9.17) is 5.73 Å². The van der Waals surface area contributed by atoms with Crippen LogP contribution < -0.4 is 5.73 Å². The van der Waals surface area contributed by atoms with Crippen molar-refractivity contribution in [1.82, 2.24) is 9.97 Å². The first-order chi connectivity index (χ1) is 8.49. The molecule has 7 heteroatoms. The van der Waals surface area contributed by atoms with Gasteiger partial charge in [-0.05, 0) is 12.1 Å². The molecule has 1 aromatic heterocycles. The van der Waals surface area contributed by atoms with Crippen LogP contribution >= 0.6 is 0 Å². The summed E-state index contributed by atoms with van der Waals surface area (Å²) in [6.07, 6.45) is 1.17. The summed E-state index contributed by atoms with van der Waals surface area (Å²) in [6.45, 7) is 0. The summed E-state index contributed by atoms with van der Waals surface area (Å²) in [6, 6.07) is 2.30. The van der Waals surface area contributed by atoms with Gasteiger partial charge >= 0.3 is 0 Å². The zero-order chi connectivity index (χ0) is 13.3. The number of rotatable bonds is 2.